The minimum absolute atomic E-state index is 0. The molecule has 1 fully saturated rings. The molecule has 1 N–H and O–H groups in total. The van der Waals surface area contributed by atoms with Crippen LogP contribution in [0.3, 0.4) is 0 Å². The number of nitrogens with zero attached hydrogens (tertiary/aromatic N) is 1. The van der Waals surface area contributed by atoms with Crippen molar-refractivity contribution < 1.29 is 0 Å². The minimum Gasteiger partial charge on any atom is -0.352 e. The topological polar surface area (TPSA) is 27.1 Å². The third-order valence-electron chi connectivity index (χ3n) is 1.92. The molecule has 1 aliphatic heterocycles. The first kappa shape index (κ1) is 12.3. The number of thioether (sulfide) groups is 1. The second-order valence-corrected chi connectivity index (χ2v) is 4.04. The van der Waals surface area contributed by atoms with Crippen molar-refractivity contribution in [2.45, 2.75) is 26.2 Å². The molecule has 0 aromatic heterocycles. The average molecular weight is 253 g/mol. The van der Waals surface area contributed by atoms with E-state index >= 15 is 0 Å². The fourth-order valence-corrected chi connectivity index (χ4v) is 1.96. The van der Waals surface area contributed by atoms with Crippen molar-refractivity contribution in [1.82, 2.24) is 4.90 Å². The molecule has 4 heteroatoms. The van der Waals surface area contributed by atoms with E-state index < -0.39 is 0 Å². The van der Waals surface area contributed by atoms with E-state index in [1.54, 1.807) is 11.8 Å². The van der Waals surface area contributed by atoms with Crippen LogP contribution in [0.15, 0.2) is 0 Å². The maximum atomic E-state index is 7.67. The average Bonchev–Trinajstić information content (AvgIpc) is 2.07. The summed E-state index contributed by atoms with van der Waals surface area (Å²) in [5, 5.41) is 8.44. The van der Waals surface area contributed by atoms with E-state index in [0.29, 0.717) is 0 Å². The van der Waals surface area contributed by atoms with Crippen molar-refractivity contribution in [1.29, 1.82) is 5.41 Å². The maximum absolute atomic E-state index is 7.67. The molecule has 0 radical (unpaired) electrons. The van der Waals surface area contributed by atoms with E-state index in [-0.39, 0.29) is 17.0 Å². The van der Waals surface area contributed by atoms with Gasteiger partial charge in [0.1, 0.15) is 0 Å². The highest BCUT2D eigenvalue weighted by Gasteiger charge is 2.12. The molecule has 2 nitrogen and oxygen atoms in total. The van der Waals surface area contributed by atoms with Gasteiger partial charge >= 0.3 is 0 Å². The fourth-order valence-electron chi connectivity index (χ4n) is 1.33. The van der Waals surface area contributed by atoms with Gasteiger partial charge in [0.25, 0.3) is 0 Å². The number of hydrogen-bond acceptors (Lipinski definition) is 2. The summed E-state index contributed by atoms with van der Waals surface area (Å²) >= 11 is 1.65. The Bertz CT molecular complexity index is 135. The Hall–Kier alpha value is 0.300. The van der Waals surface area contributed by atoms with Crippen LogP contribution in [0.4, 0.5) is 0 Å². The highest BCUT2D eigenvalue weighted by atomic mass is 79.9. The van der Waals surface area contributed by atoms with Crippen molar-refractivity contribution in [3.63, 3.8) is 0 Å². The molecule has 1 rings (SSSR count). The molecule has 0 spiro atoms. The quantitative estimate of drug-likeness (QED) is 0.574. The first-order valence-electron chi connectivity index (χ1n) is 4.31. The number of amidine groups is 1. The van der Waals surface area contributed by atoms with Gasteiger partial charge in [-0.25, -0.2) is 0 Å². The van der Waals surface area contributed by atoms with Crippen LogP contribution in [-0.2, 0) is 0 Å². The summed E-state index contributed by atoms with van der Waals surface area (Å²) in [6, 6.07) is 0. The van der Waals surface area contributed by atoms with Crippen LogP contribution in [-0.4, -0.2) is 28.9 Å². The summed E-state index contributed by atoms with van der Waals surface area (Å²) in [4.78, 5) is 2.19. The standard InChI is InChI=1S/C8H16N2S.BrH/c1-2-11-8(9)10-6-4-3-5-7-10;/h9H,2-7H2,1H3;1H. The fraction of sp³-hybridized carbons (Fsp3) is 0.875. The lowest BCUT2D eigenvalue weighted by Gasteiger charge is -2.28. The molecule has 0 bridgehead atoms. The highest BCUT2D eigenvalue weighted by molar-refractivity contribution is 8.93. The van der Waals surface area contributed by atoms with Gasteiger partial charge in [-0.05, 0) is 25.0 Å². The van der Waals surface area contributed by atoms with Crippen LogP contribution < -0.4 is 0 Å². The minimum atomic E-state index is 0. The summed E-state index contributed by atoms with van der Waals surface area (Å²) in [6.45, 7) is 4.31. The second kappa shape index (κ2) is 6.78. The number of hydrogen-bond donors (Lipinski definition) is 1. The number of piperidine rings is 1. The monoisotopic (exact) mass is 252 g/mol. The molecular formula is C8H17BrN2S. The van der Waals surface area contributed by atoms with E-state index in [1.807, 2.05) is 0 Å². The molecule has 0 unspecified atom stereocenters. The molecule has 0 aromatic rings. The molecule has 0 aromatic carbocycles. The smallest absolute Gasteiger partial charge is 0.156 e. The highest BCUT2D eigenvalue weighted by Crippen LogP contribution is 2.14. The van der Waals surface area contributed by atoms with Crippen LogP contribution >= 0.6 is 28.7 Å². The van der Waals surface area contributed by atoms with E-state index in [1.165, 1.54) is 19.3 Å². The van der Waals surface area contributed by atoms with Crippen LogP contribution in [0.2, 0.25) is 0 Å². The van der Waals surface area contributed by atoms with Gasteiger partial charge in [0.05, 0.1) is 0 Å². The van der Waals surface area contributed by atoms with Gasteiger partial charge in [0, 0.05) is 13.1 Å². The molecule has 0 atom stereocenters. The van der Waals surface area contributed by atoms with Crippen LogP contribution in [0.5, 0.6) is 0 Å². The molecule has 1 heterocycles. The lowest BCUT2D eigenvalue weighted by atomic mass is 10.1. The number of likely N-dealkylation sites (tertiary alicyclic amines) is 1. The lowest BCUT2D eigenvalue weighted by Crippen LogP contribution is -2.33. The molecule has 0 saturated carbocycles. The van der Waals surface area contributed by atoms with Crippen molar-refractivity contribution in [3.8, 4) is 0 Å². The first-order chi connectivity index (χ1) is 5.34. The Morgan fingerprint density at radius 2 is 1.92 bits per heavy atom. The first-order valence-corrected chi connectivity index (χ1v) is 5.29. The van der Waals surface area contributed by atoms with Gasteiger partial charge in [-0.2, -0.15) is 0 Å². The van der Waals surface area contributed by atoms with Crippen LogP contribution in [0.25, 0.3) is 0 Å². The van der Waals surface area contributed by atoms with Gasteiger partial charge in [0.2, 0.25) is 0 Å². The Kier molecular flexibility index (Phi) is 6.95. The molecular weight excluding hydrogens is 236 g/mol. The largest absolute Gasteiger partial charge is 0.352 e. The summed E-state index contributed by atoms with van der Waals surface area (Å²) in [5.74, 6) is 1.02. The molecule has 1 saturated heterocycles. The number of rotatable bonds is 1. The van der Waals surface area contributed by atoms with Gasteiger partial charge in [-0.3, -0.25) is 5.41 Å². The van der Waals surface area contributed by atoms with E-state index in [4.69, 9.17) is 5.41 Å². The lowest BCUT2D eigenvalue weighted by molar-refractivity contribution is 0.346. The third kappa shape index (κ3) is 3.81. The normalized spacial score (nSPS) is 16.9. The molecule has 72 valence electrons. The molecule has 0 amide bonds. The van der Waals surface area contributed by atoms with Gasteiger partial charge in [0.15, 0.2) is 5.17 Å². The maximum Gasteiger partial charge on any atom is 0.156 e. The third-order valence-corrected chi connectivity index (χ3v) is 2.74. The zero-order chi connectivity index (χ0) is 8.10. The van der Waals surface area contributed by atoms with Crippen molar-refractivity contribution in [3.05, 3.63) is 0 Å². The van der Waals surface area contributed by atoms with Gasteiger partial charge in [-0.15, -0.1) is 17.0 Å². The Balaban J connectivity index is 0.00000121. The summed E-state index contributed by atoms with van der Waals surface area (Å²) in [6.07, 6.45) is 3.89. The SMILES string of the molecule is Br.CCSC(=N)N1CCCCC1. The van der Waals surface area contributed by atoms with Crippen molar-refractivity contribution in [2.75, 3.05) is 18.8 Å². The number of nitrogens with one attached hydrogen (secondary N) is 1. The molecule has 1 aliphatic rings. The zero-order valence-corrected chi connectivity index (χ0v) is 10.0. The van der Waals surface area contributed by atoms with Gasteiger partial charge < -0.3 is 4.90 Å². The van der Waals surface area contributed by atoms with Crippen molar-refractivity contribution in [2.24, 2.45) is 0 Å². The van der Waals surface area contributed by atoms with Crippen molar-refractivity contribution >= 4 is 33.9 Å². The number of halogens is 1. The molecule has 12 heavy (non-hydrogen) atoms. The summed E-state index contributed by atoms with van der Waals surface area (Å²) < 4.78 is 0. The molecule has 0 aliphatic carbocycles. The summed E-state index contributed by atoms with van der Waals surface area (Å²) in [5.41, 5.74) is 0. The predicted molar refractivity (Wildman–Crippen MR) is 61.6 cm³/mol. The Morgan fingerprint density at radius 1 is 1.33 bits per heavy atom. The van der Waals surface area contributed by atoms with Gasteiger partial charge in [-0.1, -0.05) is 18.7 Å². The second-order valence-electron chi connectivity index (χ2n) is 2.79. The predicted octanol–water partition coefficient (Wildman–Crippen LogP) is 2.74. The zero-order valence-electron chi connectivity index (χ0n) is 7.51. The van der Waals surface area contributed by atoms with E-state index in [0.717, 1.165) is 24.0 Å². The Morgan fingerprint density at radius 3 is 2.42 bits per heavy atom. The Labute approximate surface area is 89.4 Å². The van der Waals surface area contributed by atoms with Crippen LogP contribution in [0, 0.1) is 5.41 Å². The van der Waals surface area contributed by atoms with E-state index in [2.05, 4.69) is 11.8 Å². The summed E-state index contributed by atoms with van der Waals surface area (Å²) in [7, 11) is 0. The van der Waals surface area contributed by atoms with E-state index in [9.17, 15) is 0 Å². The van der Waals surface area contributed by atoms with Crippen LogP contribution in [0.1, 0.15) is 26.2 Å².